The summed E-state index contributed by atoms with van der Waals surface area (Å²) in [6.07, 6.45) is 9.33. The molecule has 9 atom stereocenters. The van der Waals surface area contributed by atoms with Crippen molar-refractivity contribution in [3.63, 3.8) is 0 Å². The Bertz CT molecular complexity index is 596. The van der Waals surface area contributed by atoms with Crippen LogP contribution in [-0.4, -0.2) is 17.4 Å². The lowest BCUT2D eigenvalue weighted by Gasteiger charge is -2.39. The number of ketones is 1. The SMILES string of the molecule is CCC1(OC(=O)CC(CC(C)=O)C2CC3CC2C(C)C3C)CC2CCC1C2. The Morgan fingerprint density at radius 3 is 2.37 bits per heavy atom. The zero-order valence-corrected chi connectivity index (χ0v) is 17.7. The second-order valence-corrected chi connectivity index (χ2v) is 10.6. The van der Waals surface area contributed by atoms with Gasteiger partial charge in [0.1, 0.15) is 11.4 Å². The molecule has 0 saturated heterocycles. The Labute approximate surface area is 165 Å². The Hall–Kier alpha value is -0.860. The van der Waals surface area contributed by atoms with Crippen molar-refractivity contribution < 1.29 is 14.3 Å². The first kappa shape index (κ1) is 19.5. The number of hydrogen-bond acceptors (Lipinski definition) is 3. The van der Waals surface area contributed by atoms with Crippen molar-refractivity contribution >= 4 is 11.8 Å². The minimum atomic E-state index is -0.197. The van der Waals surface area contributed by atoms with Crippen molar-refractivity contribution in [1.82, 2.24) is 0 Å². The summed E-state index contributed by atoms with van der Waals surface area (Å²) >= 11 is 0. The van der Waals surface area contributed by atoms with Crippen LogP contribution in [-0.2, 0) is 14.3 Å². The summed E-state index contributed by atoms with van der Waals surface area (Å²) in [7, 11) is 0. The van der Waals surface area contributed by atoms with Crippen LogP contribution in [0.2, 0.25) is 0 Å². The molecule has 4 rings (SSSR count). The first-order valence-corrected chi connectivity index (χ1v) is 11.5. The Morgan fingerprint density at radius 2 is 1.85 bits per heavy atom. The lowest BCUT2D eigenvalue weighted by Crippen LogP contribution is -2.41. The molecule has 0 N–H and O–H groups in total. The van der Waals surface area contributed by atoms with Crippen LogP contribution in [0.1, 0.15) is 85.5 Å². The maximum absolute atomic E-state index is 13.0. The van der Waals surface area contributed by atoms with Gasteiger partial charge in [-0.05, 0) is 99.2 Å². The molecule has 4 bridgehead atoms. The molecule has 27 heavy (non-hydrogen) atoms. The Balaban J connectivity index is 1.43. The molecule has 0 spiro atoms. The zero-order valence-electron chi connectivity index (χ0n) is 17.7. The summed E-state index contributed by atoms with van der Waals surface area (Å²) in [5.41, 5.74) is -0.197. The molecule has 4 aliphatic rings. The van der Waals surface area contributed by atoms with E-state index in [2.05, 4.69) is 20.8 Å². The highest BCUT2D eigenvalue weighted by molar-refractivity contribution is 5.77. The molecule has 0 aromatic heterocycles. The van der Waals surface area contributed by atoms with Crippen molar-refractivity contribution in [1.29, 1.82) is 0 Å². The van der Waals surface area contributed by atoms with Crippen molar-refractivity contribution in [2.75, 3.05) is 0 Å². The van der Waals surface area contributed by atoms with E-state index in [-0.39, 0.29) is 23.3 Å². The first-order valence-electron chi connectivity index (χ1n) is 11.5. The van der Waals surface area contributed by atoms with Crippen molar-refractivity contribution in [3.05, 3.63) is 0 Å². The van der Waals surface area contributed by atoms with E-state index in [4.69, 9.17) is 4.74 Å². The predicted molar refractivity (Wildman–Crippen MR) is 106 cm³/mol. The van der Waals surface area contributed by atoms with E-state index >= 15 is 0 Å². The number of fused-ring (bicyclic) bond motifs is 4. The average molecular weight is 375 g/mol. The molecule has 0 aromatic carbocycles. The largest absolute Gasteiger partial charge is 0.459 e. The van der Waals surface area contributed by atoms with Gasteiger partial charge in [-0.2, -0.15) is 0 Å². The summed E-state index contributed by atoms with van der Waals surface area (Å²) in [5.74, 6) is 5.29. The van der Waals surface area contributed by atoms with E-state index in [1.807, 2.05) is 0 Å². The molecule has 0 aliphatic heterocycles. The molecular weight excluding hydrogens is 336 g/mol. The van der Waals surface area contributed by atoms with E-state index in [0.717, 1.165) is 36.5 Å². The summed E-state index contributed by atoms with van der Waals surface area (Å²) < 4.78 is 6.23. The highest BCUT2D eigenvalue weighted by Crippen LogP contribution is 2.58. The third-order valence-electron chi connectivity index (χ3n) is 9.37. The highest BCUT2D eigenvalue weighted by Gasteiger charge is 2.54. The third kappa shape index (κ3) is 3.38. The third-order valence-corrected chi connectivity index (χ3v) is 9.37. The maximum atomic E-state index is 13.0. The lowest BCUT2D eigenvalue weighted by atomic mass is 9.69. The molecule has 4 aliphatic carbocycles. The topological polar surface area (TPSA) is 43.4 Å². The molecule has 4 saturated carbocycles. The minimum Gasteiger partial charge on any atom is -0.459 e. The average Bonchev–Trinajstić information content (AvgIpc) is 3.36. The number of esters is 1. The lowest BCUT2D eigenvalue weighted by molar-refractivity contribution is -0.168. The van der Waals surface area contributed by atoms with Crippen LogP contribution in [0.25, 0.3) is 0 Å². The van der Waals surface area contributed by atoms with Crippen molar-refractivity contribution in [2.24, 2.45) is 47.3 Å². The summed E-state index contributed by atoms with van der Waals surface area (Å²) in [5, 5.41) is 0. The van der Waals surface area contributed by atoms with Crippen LogP contribution in [0.15, 0.2) is 0 Å². The highest BCUT2D eigenvalue weighted by atomic mass is 16.6. The summed E-state index contributed by atoms with van der Waals surface area (Å²) in [6, 6.07) is 0. The standard InChI is InChI=1S/C24H38O3/c1-5-24(13-17-6-7-20(24)9-17)27-23(26)12-19(8-14(2)25)22-11-18-10-21(22)16(4)15(18)3/h15-22H,5-13H2,1-4H3. The minimum absolute atomic E-state index is 0.0286. The van der Waals surface area contributed by atoms with Gasteiger partial charge in [0.25, 0.3) is 0 Å². The van der Waals surface area contributed by atoms with Crippen LogP contribution in [0, 0.1) is 47.3 Å². The predicted octanol–water partition coefficient (Wildman–Crippen LogP) is 5.41. The van der Waals surface area contributed by atoms with Crippen LogP contribution < -0.4 is 0 Å². The van der Waals surface area contributed by atoms with Gasteiger partial charge in [0.05, 0.1) is 0 Å². The number of ether oxygens (including phenoxy) is 1. The van der Waals surface area contributed by atoms with Gasteiger partial charge >= 0.3 is 5.97 Å². The van der Waals surface area contributed by atoms with Gasteiger partial charge in [0.2, 0.25) is 0 Å². The monoisotopic (exact) mass is 374 g/mol. The first-order chi connectivity index (χ1) is 12.8. The van der Waals surface area contributed by atoms with E-state index in [1.165, 1.54) is 32.1 Å². The van der Waals surface area contributed by atoms with Crippen molar-refractivity contribution in [2.45, 2.75) is 91.1 Å². The fourth-order valence-corrected chi connectivity index (χ4v) is 7.79. The van der Waals surface area contributed by atoms with E-state index in [9.17, 15) is 9.59 Å². The second kappa shape index (κ2) is 7.19. The van der Waals surface area contributed by atoms with Gasteiger partial charge in [-0.1, -0.05) is 20.8 Å². The normalized spacial score (nSPS) is 46.0. The second-order valence-electron chi connectivity index (χ2n) is 10.6. The van der Waals surface area contributed by atoms with Gasteiger partial charge in [-0.25, -0.2) is 0 Å². The van der Waals surface area contributed by atoms with Crippen LogP contribution in [0.3, 0.4) is 0 Å². The van der Waals surface area contributed by atoms with Gasteiger partial charge < -0.3 is 9.53 Å². The van der Waals surface area contributed by atoms with E-state index < -0.39 is 0 Å². The fraction of sp³-hybridized carbons (Fsp3) is 0.917. The molecule has 152 valence electrons. The molecule has 3 heteroatoms. The van der Waals surface area contributed by atoms with Crippen LogP contribution in [0.5, 0.6) is 0 Å². The molecule has 0 heterocycles. The van der Waals surface area contributed by atoms with E-state index in [1.54, 1.807) is 6.92 Å². The molecule has 9 unspecified atom stereocenters. The van der Waals surface area contributed by atoms with Gasteiger partial charge in [-0.3, -0.25) is 4.79 Å². The smallest absolute Gasteiger partial charge is 0.306 e. The zero-order chi connectivity index (χ0) is 19.3. The van der Waals surface area contributed by atoms with Gasteiger partial charge in [-0.15, -0.1) is 0 Å². The number of hydrogen-bond donors (Lipinski definition) is 0. The van der Waals surface area contributed by atoms with Gasteiger partial charge in [0.15, 0.2) is 0 Å². The van der Waals surface area contributed by atoms with Gasteiger partial charge in [0, 0.05) is 12.8 Å². The van der Waals surface area contributed by atoms with Crippen molar-refractivity contribution in [3.8, 4) is 0 Å². The number of Topliss-reactive ketones (excluding diaryl/α,β-unsaturated/α-hetero) is 1. The molecule has 0 aromatic rings. The number of carbonyl (C=O) groups excluding carboxylic acids is 2. The number of carbonyl (C=O) groups is 2. The molecule has 0 amide bonds. The summed E-state index contributed by atoms with van der Waals surface area (Å²) in [4.78, 5) is 25.0. The van der Waals surface area contributed by atoms with Crippen LogP contribution >= 0.6 is 0 Å². The molecular formula is C24H38O3. The number of rotatable bonds is 7. The summed E-state index contributed by atoms with van der Waals surface area (Å²) in [6.45, 7) is 8.63. The fourth-order valence-electron chi connectivity index (χ4n) is 7.79. The Morgan fingerprint density at radius 1 is 1.07 bits per heavy atom. The van der Waals surface area contributed by atoms with Crippen LogP contribution in [0.4, 0.5) is 0 Å². The van der Waals surface area contributed by atoms with E-state index in [0.29, 0.717) is 30.6 Å². The molecule has 4 fully saturated rings. The quantitative estimate of drug-likeness (QED) is 0.559. The molecule has 0 radical (unpaired) electrons. The Kier molecular flexibility index (Phi) is 5.18. The maximum Gasteiger partial charge on any atom is 0.306 e. The molecule has 3 nitrogen and oxygen atoms in total.